The van der Waals surface area contributed by atoms with Crippen molar-refractivity contribution < 1.29 is 19.0 Å². The maximum absolute atomic E-state index is 12.2. The Kier molecular flexibility index (Phi) is 5.26. The Labute approximate surface area is 137 Å². The van der Waals surface area contributed by atoms with Gasteiger partial charge in [-0.1, -0.05) is 19.3 Å². The first-order chi connectivity index (χ1) is 11.2. The molecule has 1 fully saturated rings. The highest BCUT2D eigenvalue weighted by molar-refractivity contribution is 5.76. The minimum Gasteiger partial charge on any atom is -0.493 e. The number of benzene rings is 1. The summed E-state index contributed by atoms with van der Waals surface area (Å²) in [5.74, 6) is 2.45. The summed E-state index contributed by atoms with van der Waals surface area (Å²) in [6.45, 7) is 0.796. The number of amides is 1. The normalized spacial score (nSPS) is 17.1. The number of hydrogen-bond acceptors (Lipinski definition) is 4. The smallest absolute Gasteiger partial charge is 0.231 e. The fourth-order valence-corrected chi connectivity index (χ4v) is 3.23. The van der Waals surface area contributed by atoms with Gasteiger partial charge in [0.1, 0.15) is 5.75 Å². The van der Waals surface area contributed by atoms with Crippen LogP contribution in [0.15, 0.2) is 18.2 Å². The fourth-order valence-electron chi connectivity index (χ4n) is 3.23. The van der Waals surface area contributed by atoms with Crippen LogP contribution in [0.25, 0.3) is 0 Å². The summed E-state index contributed by atoms with van der Waals surface area (Å²) in [7, 11) is 1.94. The Bertz CT molecular complexity index is 540. The summed E-state index contributed by atoms with van der Waals surface area (Å²) in [5, 5.41) is 0. The molecule has 0 radical (unpaired) electrons. The lowest BCUT2D eigenvalue weighted by molar-refractivity contribution is -0.132. The molecule has 0 atom stereocenters. The van der Waals surface area contributed by atoms with E-state index in [4.69, 9.17) is 14.2 Å². The first-order valence-electron chi connectivity index (χ1n) is 8.52. The number of rotatable bonds is 6. The predicted molar refractivity (Wildman–Crippen MR) is 86.9 cm³/mol. The van der Waals surface area contributed by atoms with Gasteiger partial charge in [-0.3, -0.25) is 4.79 Å². The highest BCUT2D eigenvalue weighted by Crippen LogP contribution is 2.35. The molecule has 5 heteroatoms. The first-order valence-corrected chi connectivity index (χ1v) is 8.52. The Morgan fingerprint density at radius 2 is 2.00 bits per heavy atom. The average molecular weight is 319 g/mol. The highest BCUT2D eigenvalue weighted by atomic mass is 16.7. The number of carbonyl (C=O) groups excluding carboxylic acids is 1. The van der Waals surface area contributed by atoms with Crippen LogP contribution in [0.2, 0.25) is 0 Å². The topological polar surface area (TPSA) is 48.0 Å². The van der Waals surface area contributed by atoms with E-state index in [2.05, 4.69) is 0 Å². The number of fused-ring (bicyclic) bond motifs is 1. The lowest BCUT2D eigenvalue weighted by atomic mass is 9.94. The van der Waals surface area contributed by atoms with Gasteiger partial charge in [-0.05, 0) is 31.4 Å². The third-order valence-electron chi connectivity index (χ3n) is 4.66. The van der Waals surface area contributed by atoms with E-state index >= 15 is 0 Å². The quantitative estimate of drug-likeness (QED) is 0.754. The zero-order valence-electron chi connectivity index (χ0n) is 13.8. The van der Waals surface area contributed by atoms with Crippen LogP contribution in [-0.4, -0.2) is 37.3 Å². The predicted octanol–water partition coefficient (Wildman–Crippen LogP) is 3.37. The molecular formula is C18H25NO4. The van der Waals surface area contributed by atoms with Crippen LogP contribution in [0, 0.1) is 0 Å². The molecule has 126 valence electrons. The van der Waals surface area contributed by atoms with Gasteiger partial charge in [-0.25, -0.2) is 0 Å². The van der Waals surface area contributed by atoms with E-state index in [1.54, 1.807) is 0 Å². The van der Waals surface area contributed by atoms with Gasteiger partial charge in [0.25, 0.3) is 0 Å². The number of ether oxygens (including phenoxy) is 3. The molecule has 0 unspecified atom stereocenters. The first kappa shape index (κ1) is 16.0. The second kappa shape index (κ2) is 7.57. The summed E-state index contributed by atoms with van der Waals surface area (Å²) < 4.78 is 16.3. The third-order valence-corrected chi connectivity index (χ3v) is 4.66. The zero-order valence-corrected chi connectivity index (χ0v) is 13.8. The van der Waals surface area contributed by atoms with Crippen molar-refractivity contribution in [2.75, 3.05) is 20.4 Å². The molecule has 5 nitrogen and oxygen atoms in total. The van der Waals surface area contributed by atoms with E-state index in [-0.39, 0.29) is 12.7 Å². The highest BCUT2D eigenvalue weighted by Gasteiger charge is 2.21. The van der Waals surface area contributed by atoms with Gasteiger partial charge in [0.05, 0.1) is 6.61 Å². The molecule has 0 spiro atoms. The molecule has 2 aliphatic rings. The minimum absolute atomic E-state index is 0.228. The van der Waals surface area contributed by atoms with Crippen LogP contribution in [0.4, 0.5) is 0 Å². The van der Waals surface area contributed by atoms with Crippen molar-refractivity contribution in [2.24, 2.45) is 0 Å². The van der Waals surface area contributed by atoms with Gasteiger partial charge >= 0.3 is 0 Å². The van der Waals surface area contributed by atoms with Gasteiger partial charge in [-0.2, -0.15) is 0 Å². The van der Waals surface area contributed by atoms with E-state index in [9.17, 15) is 4.79 Å². The van der Waals surface area contributed by atoms with Gasteiger partial charge < -0.3 is 19.1 Å². The minimum atomic E-state index is 0.228. The van der Waals surface area contributed by atoms with Crippen molar-refractivity contribution in [3.63, 3.8) is 0 Å². The molecule has 1 aliphatic heterocycles. The van der Waals surface area contributed by atoms with Crippen LogP contribution in [0.3, 0.4) is 0 Å². The van der Waals surface area contributed by atoms with Crippen LogP contribution >= 0.6 is 0 Å². The van der Waals surface area contributed by atoms with E-state index in [1.165, 1.54) is 19.3 Å². The summed E-state index contributed by atoms with van der Waals surface area (Å²) in [4.78, 5) is 14.2. The van der Waals surface area contributed by atoms with Gasteiger partial charge in [0, 0.05) is 25.6 Å². The lowest BCUT2D eigenvalue weighted by Gasteiger charge is -2.31. The van der Waals surface area contributed by atoms with E-state index in [0.717, 1.165) is 36.5 Å². The summed E-state index contributed by atoms with van der Waals surface area (Å²) in [5.41, 5.74) is 0. The van der Waals surface area contributed by atoms with Crippen LogP contribution in [0.5, 0.6) is 17.2 Å². The Balaban J connectivity index is 1.38. The van der Waals surface area contributed by atoms with Crippen molar-refractivity contribution >= 4 is 5.91 Å². The summed E-state index contributed by atoms with van der Waals surface area (Å²) in [6, 6.07) is 5.98. The number of carbonyl (C=O) groups is 1. The Hall–Kier alpha value is -1.91. The molecule has 0 bridgehead atoms. The molecule has 1 heterocycles. The fraction of sp³-hybridized carbons (Fsp3) is 0.611. The number of hydrogen-bond donors (Lipinski definition) is 0. The Morgan fingerprint density at radius 3 is 2.83 bits per heavy atom. The molecule has 1 aliphatic carbocycles. The van der Waals surface area contributed by atoms with Crippen molar-refractivity contribution in [3.8, 4) is 17.2 Å². The second-order valence-electron chi connectivity index (χ2n) is 6.26. The summed E-state index contributed by atoms with van der Waals surface area (Å²) >= 11 is 0. The molecule has 23 heavy (non-hydrogen) atoms. The molecule has 0 N–H and O–H groups in total. The molecule has 1 saturated carbocycles. The molecule has 0 aromatic heterocycles. The Morgan fingerprint density at radius 1 is 1.22 bits per heavy atom. The van der Waals surface area contributed by atoms with Crippen LogP contribution in [0.1, 0.15) is 44.9 Å². The molecule has 1 aromatic carbocycles. The van der Waals surface area contributed by atoms with E-state index < -0.39 is 0 Å². The molecule has 3 rings (SSSR count). The van der Waals surface area contributed by atoms with E-state index in [1.807, 2.05) is 30.1 Å². The third kappa shape index (κ3) is 4.09. The monoisotopic (exact) mass is 319 g/mol. The standard InChI is InChI=1S/C18H25NO4/c1-19(14-6-3-2-4-7-14)18(20)8-5-11-21-15-9-10-16-17(12-15)23-13-22-16/h9-10,12,14H,2-8,11,13H2,1H3. The molecular weight excluding hydrogens is 294 g/mol. The largest absolute Gasteiger partial charge is 0.493 e. The van der Waals surface area contributed by atoms with Crippen molar-refractivity contribution in [3.05, 3.63) is 18.2 Å². The summed E-state index contributed by atoms with van der Waals surface area (Å²) in [6.07, 6.45) is 7.36. The second-order valence-corrected chi connectivity index (χ2v) is 6.26. The maximum Gasteiger partial charge on any atom is 0.231 e. The van der Waals surface area contributed by atoms with Gasteiger partial charge in [0.15, 0.2) is 11.5 Å². The zero-order chi connectivity index (χ0) is 16.1. The average Bonchev–Trinajstić information content (AvgIpc) is 3.06. The maximum atomic E-state index is 12.2. The molecule has 1 aromatic rings. The van der Waals surface area contributed by atoms with Crippen LogP contribution < -0.4 is 14.2 Å². The number of nitrogens with zero attached hydrogens (tertiary/aromatic N) is 1. The van der Waals surface area contributed by atoms with Crippen molar-refractivity contribution in [1.29, 1.82) is 0 Å². The SMILES string of the molecule is CN(C(=O)CCCOc1ccc2c(c1)OCO2)C1CCCCC1. The van der Waals surface area contributed by atoms with Crippen molar-refractivity contribution in [1.82, 2.24) is 4.90 Å². The lowest BCUT2D eigenvalue weighted by Crippen LogP contribution is -2.38. The van der Waals surface area contributed by atoms with Crippen LogP contribution in [-0.2, 0) is 4.79 Å². The molecule has 1 amide bonds. The van der Waals surface area contributed by atoms with E-state index in [0.29, 0.717) is 19.1 Å². The van der Waals surface area contributed by atoms with Gasteiger partial charge in [-0.15, -0.1) is 0 Å². The molecule has 0 saturated heterocycles. The van der Waals surface area contributed by atoms with Crippen molar-refractivity contribution in [2.45, 2.75) is 51.0 Å². The van der Waals surface area contributed by atoms with Gasteiger partial charge in [0.2, 0.25) is 12.7 Å².